The predicted molar refractivity (Wildman–Crippen MR) is 64.0 cm³/mol. The molecule has 0 aliphatic carbocycles. The van der Waals surface area contributed by atoms with Crippen LogP contribution in [-0.2, 0) is 0 Å². The average Bonchev–Trinajstić information content (AvgIpc) is 2.38. The lowest BCUT2D eigenvalue weighted by Crippen LogP contribution is -2.14. The van der Waals surface area contributed by atoms with Crippen LogP contribution in [0, 0.1) is 17.5 Å². The number of carbonyl (C=O) groups excluding carboxylic acids is 1. The fourth-order valence-electron chi connectivity index (χ4n) is 1.55. The fourth-order valence-corrected chi connectivity index (χ4v) is 1.55. The first-order chi connectivity index (χ1) is 9.40. The molecule has 0 spiro atoms. The summed E-state index contributed by atoms with van der Waals surface area (Å²) in [5.74, 6) is -6.26. The van der Waals surface area contributed by atoms with E-state index in [1.165, 1.54) is 6.07 Å². The number of hydrogen-bond donors (Lipinski definition) is 3. The number of carbonyl (C=O) groups is 1. The Bertz CT molecular complexity index is 689. The summed E-state index contributed by atoms with van der Waals surface area (Å²) in [6.45, 7) is 0. The van der Waals surface area contributed by atoms with Crippen LogP contribution < -0.4 is 5.32 Å². The minimum atomic E-state index is -1.46. The number of aromatic hydroxyl groups is 2. The van der Waals surface area contributed by atoms with E-state index in [1.54, 1.807) is 0 Å². The van der Waals surface area contributed by atoms with Crippen LogP contribution in [0.2, 0.25) is 0 Å². The Hall–Kier alpha value is -2.70. The van der Waals surface area contributed by atoms with E-state index in [0.29, 0.717) is 12.1 Å². The number of halogens is 3. The molecule has 0 aromatic heterocycles. The molecule has 0 saturated heterocycles. The number of hydrogen-bond acceptors (Lipinski definition) is 3. The van der Waals surface area contributed by atoms with Gasteiger partial charge in [0.25, 0.3) is 5.91 Å². The van der Waals surface area contributed by atoms with Crippen LogP contribution in [-0.4, -0.2) is 16.1 Å². The lowest BCUT2D eigenvalue weighted by atomic mass is 10.1. The summed E-state index contributed by atoms with van der Waals surface area (Å²) in [5.41, 5.74) is -1.08. The van der Waals surface area contributed by atoms with Gasteiger partial charge in [-0.15, -0.1) is 0 Å². The standard InChI is InChI=1S/C13H8F3NO3/c14-6-4-8(15)11(16)9(5-6)17-13(20)7-2-1-3-10(18)12(7)19/h1-5,18-19H,(H,17,20). The van der Waals surface area contributed by atoms with Crippen LogP contribution >= 0.6 is 0 Å². The molecule has 7 heteroatoms. The summed E-state index contributed by atoms with van der Waals surface area (Å²) < 4.78 is 39.3. The molecule has 0 atom stereocenters. The van der Waals surface area contributed by atoms with Crippen LogP contribution in [0.5, 0.6) is 11.5 Å². The molecule has 0 unspecified atom stereocenters. The Morgan fingerprint density at radius 3 is 2.50 bits per heavy atom. The van der Waals surface area contributed by atoms with Crippen molar-refractivity contribution in [3.63, 3.8) is 0 Å². The van der Waals surface area contributed by atoms with Gasteiger partial charge in [0.05, 0.1) is 11.3 Å². The molecule has 0 aliphatic heterocycles. The minimum Gasteiger partial charge on any atom is -0.504 e. The number of amides is 1. The van der Waals surface area contributed by atoms with E-state index < -0.39 is 40.5 Å². The summed E-state index contributed by atoms with van der Waals surface area (Å²) >= 11 is 0. The highest BCUT2D eigenvalue weighted by molar-refractivity contribution is 6.06. The Balaban J connectivity index is 2.35. The Kier molecular flexibility index (Phi) is 3.51. The quantitative estimate of drug-likeness (QED) is 0.586. The fraction of sp³-hybridized carbons (Fsp3) is 0. The maximum atomic E-state index is 13.4. The molecule has 0 saturated carbocycles. The second-order valence-electron chi connectivity index (χ2n) is 3.88. The van der Waals surface area contributed by atoms with Gasteiger partial charge in [-0.2, -0.15) is 0 Å². The van der Waals surface area contributed by atoms with Gasteiger partial charge in [-0.25, -0.2) is 13.2 Å². The molecule has 3 N–H and O–H groups in total. The van der Waals surface area contributed by atoms with E-state index in [1.807, 2.05) is 5.32 Å². The summed E-state index contributed by atoms with van der Waals surface area (Å²) in [5, 5.41) is 20.6. The number of phenols is 2. The molecular formula is C13H8F3NO3. The molecule has 104 valence electrons. The van der Waals surface area contributed by atoms with Gasteiger partial charge in [-0.1, -0.05) is 6.07 Å². The lowest BCUT2D eigenvalue weighted by Gasteiger charge is -2.09. The molecule has 20 heavy (non-hydrogen) atoms. The van der Waals surface area contributed by atoms with E-state index in [-0.39, 0.29) is 5.56 Å². The van der Waals surface area contributed by atoms with Crippen molar-refractivity contribution in [2.24, 2.45) is 0 Å². The molecule has 0 bridgehead atoms. The van der Waals surface area contributed by atoms with Crippen molar-refractivity contribution in [1.29, 1.82) is 0 Å². The Labute approximate surface area is 111 Å². The van der Waals surface area contributed by atoms with Crippen molar-refractivity contribution in [3.05, 3.63) is 53.3 Å². The first-order valence-corrected chi connectivity index (χ1v) is 5.37. The van der Waals surface area contributed by atoms with E-state index in [2.05, 4.69) is 0 Å². The van der Waals surface area contributed by atoms with Gasteiger partial charge in [0.2, 0.25) is 0 Å². The van der Waals surface area contributed by atoms with Gasteiger partial charge in [-0.05, 0) is 12.1 Å². The summed E-state index contributed by atoms with van der Waals surface area (Å²) in [6, 6.07) is 4.48. The number of anilines is 1. The van der Waals surface area contributed by atoms with Gasteiger partial charge in [0, 0.05) is 12.1 Å². The molecule has 2 aromatic carbocycles. The maximum absolute atomic E-state index is 13.4. The molecule has 0 radical (unpaired) electrons. The van der Waals surface area contributed by atoms with E-state index in [4.69, 9.17) is 0 Å². The largest absolute Gasteiger partial charge is 0.504 e. The van der Waals surface area contributed by atoms with Crippen molar-refractivity contribution in [3.8, 4) is 11.5 Å². The summed E-state index contributed by atoms with van der Waals surface area (Å²) in [4.78, 5) is 11.8. The van der Waals surface area contributed by atoms with E-state index in [0.717, 1.165) is 12.1 Å². The van der Waals surface area contributed by atoms with Crippen LogP contribution in [0.4, 0.5) is 18.9 Å². The number of nitrogens with one attached hydrogen (secondary N) is 1. The highest BCUT2D eigenvalue weighted by Gasteiger charge is 2.18. The first-order valence-electron chi connectivity index (χ1n) is 5.37. The molecule has 0 fully saturated rings. The highest BCUT2D eigenvalue weighted by atomic mass is 19.2. The molecule has 2 aromatic rings. The zero-order valence-corrected chi connectivity index (χ0v) is 9.82. The Morgan fingerprint density at radius 2 is 1.80 bits per heavy atom. The minimum absolute atomic E-state index is 0.330. The number of phenolic OH excluding ortho intramolecular Hbond substituents is 2. The van der Waals surface area contributed by atoms with Gasteiger partial charge in [-0.3, -0.25) is 4.79 Å². The molecule has 0 aliphatic rings. The van der Waals surface area contributed by atoms with Gasteiger partial charge in [0.1, 0.15) is 5.82 Å². The van der Waals surface area contributed by atoms with Crippen molar-refractivity contribution < 1.29 is 28.2 Å². The first kappa shape index (κ1) is 13.7. The lowest BCUT2D eigenvalue weighted by molar-refractivity contribution is 0.102. The van der Waals surface area contributed by atoms with E-state index >= 15 is 0 Å². The van der Waals surface area contributed by atoms with Crippen LogP contribution in [0.1, 0.15) is 10.4 Å². The molecule has 1 amide bonds. The topological polar surface area (TPSA) is 69.6 Å². The average molecular weight is 283 g/mol. The molecular weight excluding hydrogens is 275 g/mol. The third kappa shape index (κ3) is 2.51. The van der Waals surface area contributed by atoms with Gasteiger partial charge < -0.3 is 15.5 Å². The number of benzene rings is 2. The zero-order chi connectivity index (χ0) is 14.9. The molecule has 4 nitrogen and oxygen atoms in total. The summed E-state index contributed by atoms with van der Waals surface area (Å²) in [6.07, 6.45) is 0. The normalized spacial score (nSPS) is 10.3. The monoisotopic (exact) mass is 283 g/mol. The van der Waals surface area contributed by atoms with E-state index in [9.17, 15) is 28.2 Å². The van der Waals surface area contributed by atoms with Crippen molar-refractivity contribution >= 4 is 11.6 Å². The molecule has 0 heterocycles. The zero-order valence-electron chi connectivity index (χ0n) is 9.82. The third-order valence-electron chi connectivity index (χ3n) is 2.50. The summed E-state index contributed by atoms with van der Waals surface area (Å²) in [7, 11) is 0. The number of rotatable bonds is 2. The highest BCUT2D eigenvalue weighted by Crippen LogP contribution is 2.29. The van der Waals surface area contributed by atoms with Crippen LogP contribution in [0.25, 0.3) is 0 Å². The third-order valence-corrected chi connectivity index (χ3v) is 2.50. The van der Waals surface area contributed by atoms with Gasteiger partial charge >= 0.3 is 0 Å². The second kappa shape index (κ2) is 5.12. The predicted octanol–water partition coefficient (Wildman–Crippen LogP) is 2.77. The van der Waals surface area contributed by atoms with Crippen LogP contribution in [0.15, 0.2) is 30.3 Å². The van der Waals surface area contributed by atoms with Crippen LogP contribution in [0.3, 0.4) is 0 Å². The van der Waals surface area contributed by atoms with Crippen molar-refractivity contribution in [2.45, 2.75) is 0 Å². The number of para-hydroxylation sites is 1. The second-order valence-corrected chi connectivity index (χ2v) is 3.88. The SMILES string of the molecule is O=C(Nc1cc(F)cc(F)c1F)c1cccc(O)c1O. The smallest absolute Gasteiger partial charge is 0.259 e. The molecule has 2 rings (SSSR count). The van der Waals surface area contributed by atoms with Crippen molar-refractivity contribution in [1.82, 2.24) is 0 Å². The maximum Gasteiger partial charge on any atom is 0.259 e. The Morgan fingerprint density at radius 1 is 1.10 bits per heavy atom. The van der Waals surface area contributed by atoms with Crippen molar-refractivity contribution in [2.75, 3.05) is 5.32 Å². The van der Waals surface area contributed by atoms with Gasteiger partial charge in [0.15, 0.2) is 23.1 Å².